The third-order valence-electron chi connectivity index (χ3n) is 2.25. The molecule has 0 aromatic rings. The zero-order valence-electron chi connectivity index (χ0n) is 13.8. The monoisotopic (exact) mass is 320 g/mol. The lowest BCUT2D eigenvalue weighted by molar-refractivity contribution is -0.141. The summed E-state index contributed by atoms with van der Waals surface area (Å²) in [5.74, 6) is -0.361. The molecule has 124 valence electrons. The Kier molecular flexibility index (Phi) is 14.8. The third-order valence-corrected chi connectivity index (χ3v) is 3.61. The molecule has 6 heteroatoms. The number of hydrogen-bond donors (Lipinski definition) is 0. The maximum atomic E-state index is 10.3. The first-order chi connectivity index (χ1) is 9.90. The Balaban J connectivity index is 0. The van der Waals surface area contributed by atoms with Crippen molar-refractivity contribution in [2.75, 3.05) is 6.61 Å². The molecular formula is C15H28O5S. The molecule has 1 aliphatic rings. The highest BCUT2D eigenvalue weighted by atomic mass is 32.2. The number of rotatable bonds is 4. The van der Waals surface area contributed by atoms with Gasteiger partial charge in [0.2, 0.25) is 0 Å². The highest BCUT2D eigenvalue weighted by Gasteiger charge is 2.26. The Bertz CT molecular complexity index is 294. The summed E-state index contributed by atoms with van der Waals surface area (Å²) in [5.41, 5.74) is -0.112. The van der Waals surface area contributed by atoms with Gasteiger partial charge in [0.05, 0.1) is 18.8 Å². The van der Waals surface area contributed by atoms with Crippen molar-refractivity contribution < 1.29 is 23.8 Å². The Hall–Kier alpha value is -1.01. The molecule has 0 radical (unpaired) electrons. The summed E-state index contributed by atoms with van der Waals surface area (Å²) in [4.78, 5) is 20.3. The molecule has 0 aromatic carbocycles. The van der Waals surface area contributed by atoms with Gasteiger partial charge in [-0.25, -0.2) is 4.79 Å². The zero-order chi connectivity index (χ0) is 16.8. The summed E-state index contributed by atoms with van der Waals surface area (Å²) in [5, 5.41) is 0.397. The second kappa shape index (κ2) is 13.9. The van der Waals surface area contributed by atoms with Crippen molar-refractivity contribution in [2.24, 2.45) is 0 Å². The van der Waals surface area contributed by atoms with Crippen molar-refractivity contribution in [3.63, 3.8) is 0 Å². The largest absolute Gasteiger partial charge is 0.460 e. The maximum absolute atomic E-state index is 10.3. The molecular weight excluding hydrogens is 292 g/mol. The lowest BCUT2D eigenvalue weighted by Gasteiger charge is -2.30. The lowest BCUT2D eigenvalue weighted by Crippen LogP contribution is -2.34. The first kappa shape index (κ1) is 22.3. The van der Waals surface area contributed by atoms with Gasteiger partial charge in [-0.15, -0.1) is 11.8 Å². The number of ether oxygens (including phenoxy) is 3. The van der Waals surface area contributed by atoms with Crippen molar-refractivity contribution in [1.29, 1.82) is 0 Å². The van der Waals surface area contributed by atoms with Crippen LogP contribution in [0.2, 0.25) is 0 Å². The zero-order valence-corrected chi connectivity index (χ0v) is 14.6. The van der Waals surface area contributed by atoms with Gasteiger partial charge in [-0.2, -0.15) is 0 Å². The number of esters is 1. The van der Waals surface area contributed by atoms with E-state index in [4.69, 9.17) is 9.47 Å². The van der Waals surface area contributed by atoms with Crippen LogP contribution in [0.25, 0.3) is 0 Å². The molecule has 0 aromatic heterocycles. The van der Waals surface area contributed by atoms with Crippen LogP contribution in [0.1, 0.15) is 41.5 Å². The molecule has 21 heavy (non-hydrogen) atoms. The molecule has 1 fully saturated rings. The molecule has 1 aliphatic heterocycles. The quantitative estimate of drug-likeness (QED) is 0.450. The van der Waals surface area contributed by atoms with Gasteiger partial charge in [0.1, 0.15) is 0 Å². The molecule has 3 unspecified atom stereocenters. The Morgan fingerprint density at radius 1 is 1.38 bits per heavy atom. The lowest BCUT2D eigenvalue weighted by atomic mass is 10.3. The molecule has 1 heterocycles. The van der Waals surface area contributed by atoms with Crippen molar-refractivity contribution >= 4 is 24.2 Å². The fourth-order valence-electron chi connectivity index (χ4n) is 1.17. The van der Waals surface area contributed by atoms with Gasteiger partial charge in [-0.05, 0) is 20.8 Å². The Labute approximate surface area is 132 Å². The van der Waals surface area contributed by atoms with Crippen LogP contribution in [0.15, 0.2) is 12.7 Å². The van der Waals surface area contributed by atoms with Gasteiger partial charge in [0.15, 0.2) is 5.44 Å². The van der Waals surface area contributed by atoms with E-state index in [2.05, 4.69) is 18.2 Å². The first-order valence-electron chi connectivity index (χ1n) is 7.09. The summed E-state index contributed by atoms with van der Waals surface area (Å²) in [7, 11) is 0. The minimum atomic E-state index is -0.361. The van der Waals surface area contributed by atoms with Gasteiger partial charge >= 0.3 is 5.97 Å². The van der Waals surface area contributed by atoms with Crippen LogP contribution in [0.4, 0.5) is 0 Å². The molecule has 0 saturated carbocycles. The summed E-state index contributed by atoms with van der Waals surface area (Å²) >= 11 is 1.64. The van der Waals surface area contributed by atoms with E-state index in [9.17, 15) is 9.59 Å². The minimum absolute atomic E-state index is 0.0412. The van der Waals surface area contributed by atoms with E-state index >= 15 is 0 Å². The summed E-state index contributed by atoms with van der Waals surface area (Å²) in [6.07, 6.45) is 1.37. The van der Waals surface area contributed by atoms with Crippen LogP contribution < -0.4 is 0 Å². The molecule has 0 bridgehead atoms. The van der Waals surface area contributed by atoms with Gasteiger partial charge < -0.3 is 14.2 Å². The summed E-state index contributed by atoms with van der Waals surface area (Å²) in [6, 6.07) is 0. The minimum Gasteiger partial charge on any atom is -0.460 e. The average molecular weight is 320 g/mol. The van der Waals surface area contributed by atoms with Crippen molar-refractivity contribution in [2.45, 2.75) is 64.4 Å². The van der Waals surface area contributed by atoms with Crippen LogP contribution >= 0.6 is 11.8 Å². The average Bonchev–Trinajstić information content (AvgIpc) is 2.45. The van der Waals surface area contributed by atoms with E-state index in [0.717, 1.165) is 6.08 Å². The number of hydrogen-bond acceptors (Lipinski definition) is 6. The molecule has 0 N–H and O–H groups in total. The van der Waals surface area contributed by atoms with Gasteiger partial charge in [0, 0.05) is 11.3 Å². The van der Waals surface area contributed by atoms with E-state index in [-0.39, 0.29) is 23.6 Å². The van der Waals surface area contributed by atoms with Crippen LogP contribution in [0, 0.1) is 0 Å². The van der Waals surface area contributed by atoms with Crippen LogP contribution in [-0.4, -0.2) is 41.9 Å². The van der Waals surface area contributed by atoms with E-state index < -0.39 is 0 Å². The van der Waals surface area contributed by atoms with E-state index in [0.29, 0.717) is 18.3 Å². The maximum Gasteiger partial charge on any atom is 0.330 e. The normalized spacial score (nSPS) is 23.7. The molecule has 3 atom stereocenters. The van der Waals surface area contributed by atoms with Crippen molar-refractivity contribution in [3.8, 4) is 0 Å². The third kappa shape index (κ3) is 12.4. The van der Waals surface area contributed by atoms with Crippen molar-refractivity contribution in [3.05, 3.63) is 12.7 Å². The second-order valence-corrected chi connectivity index (χ2v) is 5.77. The predicted molar refractivity (Wildman–Crippen MR) is 86.2 cm³/mol. The fraction of sp³-hybridized carbons (Fsp3) is 0.733. The Morgan fingerprint density at radius 2 is 1.95 bits per heavy atom. The molecule has 0 spiro atoms. The van der Waals surface area contributed by atoms with E-state index in [1.54, 1.807) is 25.6 Å². The Morgan fingerprint density at radius 3 is 2.29 bits per heavy atom. The van der Waals surface area contributed by atoms with E-state index in [1.807, 2.05) is 20.8 Å². The predicted octanol–water partition coefficient (Wildman–Crippen LogP) is 3.18. The molecule has 0 aliphatic carbocycles. The number of thioether (sulfide) groups is 1. The summed E-state index contributed by atoms with van der Waals surface area (Å²) in [6.45, 7) is 15.9. The fourth-order valence-corrected chi connectivity index (χ4v) is 2.21. The smallest absolute Gasteiger partial charge is 0.330 e. The van der Waals surface area contributed by atoms with Gasteiger partial charge in [-0.1, -0.05) is 27.4 Å². The molecule has 5 nitrogen and oxygen atoms in total. The highest BCUT2D eigenvalue weighted by Crippen LogP contribution is 2.27. The van der Waals surface area contributed by atoms with Gasteiger partial charge in [0.25, 0.3) is 6.47 Å². The first-order valence-corrected chi connectivity index (χ1v) is 8.04. The second-order valence-electron chi connectivity index (χ2n) is 4.23. The standard InChI is InChI=1S/C7H12O3S.C6H10O2.C2H6/c1-5-6(2)11-7(3-9-5)10-4-8;1-4-6(7)8-5(2)3;1-2/h4-7H,3H2,1-2H3;4-5H,1H2,2-3H3;1-2H3. The van der Waals surface area contributed by atoms with E-state index in [1.165, 1.54) is 0 Å². The number of carbonyl (C=O) groups is 2. The molecule has 1 saturated heterocycles. The number of carbonyl (C=O) groups excluding carboxylic acids is 2. The topological polar surface area (TPSA) is 61.8 Å². The van der Waals surface area contributed by atoms with Crippen LogP contribution in [-0.2, 0) is 23.8 Å². The SMILES string of the molecule is C=CC(=O)OC(C)C.CC.CC1OCC(OC=O)SC1C. The van der Waals surface area contributed by atoms with Crippen LogP contribution in [0.3, 0.4) is 0 Å². The molecule has 1 rings (SSSR count). The highest BCUT2D eigenvalue weighted by molar-refractivity contribution is 8.00. The summed E-state index contributed by atoms with van der Waals surface area (Å²) < 4.78 is 14.8. The van der Waals surface area contributed by atoms with Crippen molar-refractivity contribution in [1.82, 2.24) is 0 Å². The van der Waals surface area contributed by atoms with Crippen LogP contribution in [0.5, 0.6) is 0 Å². The molecule has 0 amide bonds. The van der Waals surface area contributed by atoms with Gasteiger partial charge in [-0.3, -0.25) is 4.79 Å².